The maximum absolute atomic E-state index is 11.7. The zero-order chi connectivity index (χ0) is 14.7. The number of imide groups is 1. The van der Waals surface area contributed by atoms with Crippen LogP contribution in [0.25, 0.3) is 0 Å². The van der Waals surface area contributed by atoms with Crippen LogP contribution in [0.5, 0.6) is 0 Å². The van der Waals surface area contributed by atoms with Gasteiger partial charge < -0.3 is 10.1 Å². The van der Waals surface area contributed by atoms with E-state index in [1.165, 1.54) is 17.1 Å². The van der Waals surface area contributed by atoms with E-state index in [9.17, 15) is 14.4 Å². The summed E-state index contributed by atoms with van der Waals surface area (Å²) in [6.07, 6.45) is 3.83. The lowest BCUT2D eigenvalue weighted by atomic mass is 10.2. The van der Waals surface area contributed by atoms with Crippen molar-refractivity contribution in [3.63, 3.8) is 0 Å². The number of amides is 3. The fourth-order valence-corrected chi connectivity index (χ4v) is 2.54. The zero-order valence-corrected chi connectivity index (χ0v) is 11.8. The van der Waals surface area contributed by atoms with Crippen molar-refractivity contribution in [2.45, 2.75) is 45.3 Å². The van der Waals surface area contributed by atoms with Crippen molar-refractivity contribution in [3.8, 4) is 0 Å². The van der Waals surface area contributed by atoms with E-state index in [1.54, 1.807) is 0 Å². The highest BCUT2D eigenvalue weighted by Gasteiger charge is 2.41. The second-order valence-corrected chi connectivity index (χ2v) is 5.60. The quantitative estimate of drug-likeness (QED) is 0.785. The summed E-state index contributed by atoms with van der Waals surface area (Å²) in [6, 6.07) is -0.338. The number of rotatable bonds is 4. The summed E-state index contributed by atoms with van der Waals surface area (Å²) in [5.41, 5.74) is 0. The predicted molar refractivity (Wildman–Crippen MR) is 71.7 cm³/mol. The monoisotopic (exact) mass is 280 g/mol. The summed E-state index contributed by atoms with van der Waals surface area (Å²) in [5.74, 6) is -0.302. The highest BCUT2D eigenvalue weighted by molar-refractivity contribution is 6.13. The van der Waals surface area contributed by atoms with E-state index < -0.39 is 12.2 Å². The normalized spacial score (nSPS) is 25.6. The zero-order valence-electron chi connectivity index (χ0n) is 11.8. The summed E-state index contributed by atoms with van der Waals surface area (Å²) in [7, 11) is 0. The Kier molecular flexibility index (Phi) is 4.42. The van der Waals surface area contributed by atoms with Crippen molar-refractivity contribution < 1.29 is 19.1 Å². The van der Waals surface area contributed by atoms with Gasteiger partial charge in [-0.05, 0) is 25.2 Å². The molecule has 0 aromatic rings. The van der Waals surface area contributed by atoms with E-state index in [-0.39, 0.29) is 17.9 Å². The molecule has 1 heterocycles. The maximum atomic E-state index is 11.7. The van der Waals surface area contributed by atoms with E-state index in [0.717, 1.165) is 6.42 Å². The van der Waals surface area contributed by atoms with Gasteiger partial charge in [-0.3, -0.25) is 14.5 Å². The molecule has 0 radical (unpaired) electrons. The molecule has 6 nitrogen and oxygen atoms in total. The molecule has 0 aromatic carbocycles. The first-order chi connectivity index (χ1) is 9.49. The molecule has 1 fully saturated rings. The maximum Gasteiger partial charge on any atom is 0.407 e. The van der Waals surface area contributed by atoms with Crippen molar-refractivity contribution in [2.24, 2.45) is 5.92 Å². The molecule has 6 heteroatoms. The number of alkyl carbamates (subject to hydrolysis) is 1. The van der Waals surface area contributed by atoms with Crippen LogP contribution in [0.4, 0.5) is 4.79 Å². The molecule has 3 amide bonds. The van der Waals surface area contributed by atoms with Gasteiger partial charge in [-0.15, -0.1) is 0 Å². The lowest BCUT2D eigenvalue weighted by Gasteiger charge is -2.27. The average molecular weight is 280 g/mol. The SMILES string of the molecule is CC(C)CNC(=O)O[C@H]1CCC[C@@H]1N1C(=O)C=CC1=O. The first-order valence-corrected chi connectivity index (χ1v) is 6.98. The van der Waals surface area contributed by atoms with Crippen molar-refractivity contribution >= 4 is 17.9 Å². The van der Waals surface area contributed by atoms with Crippen LogP contribution in [0, 0.1) is 5.92 Å². The number of carbonyl (C=O) groups is 3. The molecule has 2 atom stereocenters. The third-order valence-electron chi connectivity index (χ3n) is 3.51. The van der Waals surface area contributed by atoms with Gasteiger partial charge in [0.15, 0.2) is 0 Å². The molecular formula is C14H20N2O4. The Morgan fingerprint density at radius 3 is 2.60 bits per heavy atom. The number of hydrogen-bond donors (Lipinski definition) is 1. The van der Waals surface area contributed by atoms with Crippen LogP contribution in [-0.4, -0.2) is 41.5 Å². The summed E-state index contributed by atoms with van der Waals surface area (Å²) in [6.45, 7) is 4.52. The first-order valence-electron chi connectivity index (χ1n) is 6.98. The Balaban J connectivity index is 1.92. The number of nitrogens with zero attached hydrogens (tertiary/aromatic N) is 1. The number of nitrogens with one attached hydrogen (secondary N) is 1. The molecule has 0 spiro atoms. The molecule has 0 bridgehead atoms. The molecule has 2 aliphatic rings. The van der Waals surface area contributed by atoms with Gasteiger partial charge >= 0.3 is 6.09 Å². The minimum absolute atomic E-state index is 0.321. The number of hydrogen-bond acceptors (Lipinski definition) is 4. The third-order valence-corrected chi connectivity index (χ3v) is 3.51. The Labute approximate surface area is 118 Å². The Hall–Kier alpha value is -1.85. The second-order valence-electron chi connectivity index (χ2n) is 5.60. The molecule has 1 N–H and O–H groups in total. The highest BCUT2D eigenvalue weighted by Crippen LogP contribution is 2.28. The standard InChI is InChI=1S/C14H20N2O4/c1-9(2)8-15-14(19)20-11-5-3-4-10(11)16-12(17)6-7-13(16)18/h6-7,9-11H,3-5,8H2,1-2H3,(H,15,19)/t10-,11-/m0/s1. The van der Waals surface area contributed by atoms with E-state index in [1.807, 2.05) is 13.8 Å². The van der Waals surface area contributed by atoms with Gasteiger partial charge in [-0.25, -0.2) is 4.79 Å². The van der Waals surface area contributed by atoms with E-state index in [0.29, 0.717) is 25.3 Å². The van der Waals surface area contributed by atoms with Crippen LogP contribution in [0.2, 0.25) is 0 Å². The molecule has 1 aliphatic carbocycles. The Bertz CT molecular complexity index is 426. The molecule has 0 unspecified atom stereocenters. The smallest absolute Gasteiger partial charge is 0.407 e. The van der Waals surface area contributed by atoms with Crippen LogP contribution in [0.1, 0.15) is 33.1 Å². The second kappa shape index (κ2) is 6.07. The molecule has 0 saturated heterocycles. The highest BCUT2D eigenvalue weighted by atomic mass is 16.6. The molecule has 20 heavy (non-hydrogen) atoms. The fourth-order valence-electron chi connectivity index (χ4n) is 2.54. The van der Waals surface area contributed by atoms with Crippen LogP contribution < -0.4 is 5.32 Å². The lowest BCUT2D eigenvalue weighted by molar-refractivity contribution is -0.141. The van der Waals surface area contributed by atoms with Gasteiger partial charge in [0.25, 0.3) is 11.8 Å². The topological polar surface area (TPSA) is 75.7 Å². The van der Waals surface area contributed by atoms with E-state index in [2.05, 4.69) is 5.32 Å². The summed E-state index contributed by atoms with van der Waals surface area (Å²) < 4.78 is 5.36. The van der Waals surface area contributed by atoms with Crippen LogP contribution >= 0.6 is 0 Å². The van der Waals surface area contributed by atoms with E-state index in [4.69, 9.17) is 4.74 Å². The summed E-state index contributed by atoms with van der Waals surface area (Å²) in [4.78, 5) is 36.3. The van der Waals surface area contributed by atoms with Crippen molar-refractivity contribution in [1.29, 1.82) is 0 Å². The summed E-state index contributed by atoms with van der Waals surface area (Å²) in [5, 5.41) is 2.68. The third kappa shape index (κ3) is 3.18. The minimum atomic E-state index is -0.484. The lowest BCUT2D eigenvalue weighted by Crippen LogP contribution is -2.46. The van der Waals surface area contributed by atoms with Crippen molar-refractivity contribution in [2.75, 3.05) is 6.54 Å². The molecule has 0 aromatic heterocycles. The van der Waals surface area contributed by atoms with Gasteiger partial charge in [0.1, 0.15) is 6.10 Å². The van der Waals surface area contributed by atoms with Crippen LogP contribution in [-0.2, 0) is 14.3 Å². The van der Waals surface area contributed by atoms with E-state index >= 15 is 0 Å². The largest absolute Gasteiger partial charge is 0.444 e. The van der Waals surface area contributed by atoms with Gasteiger partial charge in [0.2, 0.25) is 0 Å². The predicted octanol–water partition coefficient (Wildman–Crippen LogP) is 1.21. The fraction of sp³-hybridized carbons (Fsp3) is 0.643. The molecule has 110 valence electrons. The molecule has 1 saturated carbocycles. The Morgan fingerprint density at radius 2 is 2.00 bits per heavy atom. The minimum Gasteiger partial charge on any atom is -0.444 e. The molecular weight excluding hydrogens is 260 g/mol. The molecule has 2 rings (SSSR count). The van der Waals surface area contributed by atoms with Gasteiger partial charge in [-0.2, -0.15) is 0 Å². The van der Waals surface area contributed by atoms with Crippen molar-refractivity contribution in [3.05, 3.63) is 12.2 Å². The van der Waals surface area contributed by atoms with Gasteiger partial charge in [0, 0.05) is 18.7 Å². The van der Waals surface area contributed by atoms with Gasteiger partial charge in [0.05, 0.1) is 6.04 Å². The number of ether oxygens (including phenoxy) is 1. The summed E-state index contributed by atoms with van der Waals surface area (Å²) >= 11 is 0. The van der Waals surface area contributed by atoms with Crippen molar-refractivity contribution in [1.82, 2.24) is 10.2 Å². The average Bonchev–Trinajstić information content (AvgIpc) is 2.94. The van der Waals surface area contributed by atoms with Gasteiger partial charge in [-0.1, -0.05) is 13.8 Å². The number of carbonyl (C=O) groups excluding carboxylic acids is 3. The van der Waals surface area contributed by atoms with Crippen LogP contribution in [0.3, 0.4) is 0 Å². The van der Waals surface area contributed by atoms with Crippen LogP contribution in [0.15, 0.2) is 12.2 Å². The Morgan fingerprint density at radius 1 is 1.35 bits per heavy atom. The first kappa shape index (κ1) is 14.6. The molecule has 1 aliphatic heterocycles.